The van der Waals surface area contributed by atoms with E-state index >= 15 is 0 Å². The van der Waals surface area contributed by atoms with Crippen LogP contribution in [0.3, 0.4) is 0 Å². The minimum atomic E-state index is -0.491. The van der Waals surface area contributed by atoms with E-state index in [4.69, 9.17) is 26.5 Å². The number of hydrazone groups is 1. The Morgan fingerprint density at radius 2 is 1.83 bits per heavy atom. The lowest BCUT2D eigenvalue weighted by atomic mass is 9.87. The van der Waals surface area contributed by atoms with Gasteiger partial charge in [-0.2, -0.15) is 15.1 Å². The number of halogens is 1. The van der Waals surface area contributed by atoms with Gasteiger partial charge in [-0.05, 0) is 65.6 Å². The van der Waals surface area contributed by atoms with Crippen molar-refractivity contribution < 1.29 is 14.3 Å². The van der Waals surface area contributed by atoms with E-state index in [0.29, 0.717) is 41.1 Å². The number of benzene rings is 2. The molecular weight excluding hydrogens is 484 g/mol. The zero-order chi connectivity index (χ0) is 25.2. The Hall–Kier alpha value is -3.10. The molecule has 0 atom stereocenters. The molecule has 0 spiro atoms. The molecule has 0 aliphatic carbocycles. The van der Waals surface area contributed by atoms with Crippen molar-refractivity contribution in [2.45, 2.75) is 39.5 Å². The van der Waals surface area contributed by atoms with Gasteiger partial charge in [-0.15, -0.1) is 0 Å². The van der Waals surface area contributed by atoms with Gasteiger partial charge in [-0.3, -0.25) is 10.2 Å². The van der Waals surface area contributed by atoms with Crippen LogP contribution in [0.1, 0.15) is 45.2 Å². The fourth-order valence-electron chi connectivity index (χ4n) is 3.46. The van der Waals surface area contributed by atoms with Crippen LogP contribution in [0.2, 0.25) is 5.02 Å². The van der Waals surface area contributed by atoms with Gasteiger partial charge in [0.25, 0.3) is 5.91 Å². The monoisotopic (exact) mass is 510 g/mol. The summed E-state index contributed by atoms with van der Waals surface area (Å²) in [6, 6.07) is 13.2. The molecular formula is C26H27ClN4O3S. The highest BCUT2D eigenvalue weighted by atomic mass is 35.5. The van der Waals surface area contributed by atoms with Gasteiger partial charge in [0.05, 0.1) is 5.57 Å². The smallest absolute Gasteiger partial charge is 0.283 e. The van der Waals surface area contributed by atoms with Crippen molar-refractivity contribution in [1.29, 1.82) is 5.41 Å². The molecule has 0 aromatic heterocycles. The van der Waals surface area contributed by atoms with Crippen LogP contribution in [-0.4, -0.2) is 40.2 Å². The highest BCUT2D eigenvalue weighted by molar-refractivity contribution is 8.26. The molecule has 0 fully saturated rings. The molecule has 4 rings (SSSR count). The van der Waals surface area contributed by atoms with E-state index in [-0.39, 0.29) is 16.8 Å². The van der Waals surface area contributed by atoms with Crippen LogP contribution in [0.5, 0.6) is 11.5 Å². The first kappa shape index (κ1) is 25.0. The lowest BCUT2D eigenvalue weighted by Gasteiger charge is -2.20. The summed E-state index contributed by atoms with van der Waals surface area (Å²) in [5, 5.41) is 16.0. The third-order valence-corrected chi connectivity index (χ3v) is 6.69. The van der Waals surface area contributed by atoms with E-state index in [1.807, 2.05) is 19.1 Å². The van der Waals surface area contributed by atoms with Gasteiger partial charge < -0.3 is 9.47 Å². The number of nitrogens with zero attached hydrogens (tertiary/aromatic N) is 3. The summed E-state index contributed by atoms with van der Waals surface area (Å²) in [4.78, 5) is 16.8. The van der Waals surface area contributed by atoms with Crippen LogP contribution >= 0.6 is 23.4 Å². The van der Waals surface area contributed by atoms with Crippen molar-refractivity contribution in [2.24, 2.45) is 10.1 Å². The van der Waals surface area contributed by atoms with Gasteiger partial charge >= 0.3 is 0 Å². The van der Waals surface area contributed by atoms with Gasteiger partial charge in [0.1, 0.15) is 29.8 Å². The van der Waals surface area contributed by atoms with Crippen molar-refractivity contribution in [3.63, 3.8) is 0 Å². The fourth-order valence-corrected chi connectivity index (χ4v) is 4.46. The number of nitrogens with one attached hydrogen (secondary N) is 1. The standard InChI is InChI=1S/C26H27ClN4O3S/c1-5-22-30-31-23(28)20(24(32)29-25(31)35-22)15-16-14-18(27)8-11-21(16)34-13-12-33-19-9-6-17(7-10-19)26(2,3)4/h6-11,14-15,28H,5,12-13H2,1-4H3/b20-15-,28-23?. The van der Waals surface area contributed by atoms with Crippen molar-refractivity contribution in [2.75, 3.05) is 13.2 Å². The molecule has 2 aromatic carbocycles. The number of amides is 1. The molecule has 7 nitrogen and oxygen atoms in total. The highest BCUT2D eigenvalue weighted by Crippen LogP contribution is 2.31. The van der Waals surface area contributed by atoms with E-state index in [1.165, 1.54) is 22.3 Å². The molecule has 182 valence electrons. The van der Waals surface area contributed by atoms with Gasteiger partial charge in [0.2, 0.25) is 5.17 Å². The molecule has 1 amide bonds. The number of hydrogen-bond donors (Lipinski definition) is 1. The Morgan fingerprint density at radius 3 is 2.51 bits per heavy atom. The maximum Gasteiger partial charge on any atom is 0.283 e. The molecule has 2 aliphatic heterocycles. The zero-order valence-electron chi connectivity index (χ0n) is 20.1. The first-order chi connectivity index (χ1) is 16.7. The number of carbonyl (C=O) groups excluding carboxylic acids is 1. The first-order valence-electron chi connectivity index (χ1n) is 11.3. The molecule has 1 N–H and O–H groups in total. The van der Waals surface area contributed by atoms with Gasteiger partial charge in [0, 0.05) is 10.6 Å². The van der Waals surface area contributed by atoms with Gasteiger partial charge in [-0.25, -0.2) is 0 Å². The SMILES string of the molecule is CCC1=NN2C(=N)/C(=C/c3cc(Cl)ccc3OCCOc3ccc(C(C)(C)C)cc3)C(=O)N=C2S1. The Kier molecular flexibility index (Phi) is 7.33. The number of rotatable bonds is 7. The predicted octanol–water partition coefficient (Wildman–Crippen LogP) is 6.12. The zero-order valence-corrected chi connectivity index (χ0v) is 21.7. The second-order valence-electron chi connectivity index (χ2n) is 9.02. The lowest BCUT2D eigenvalue weighted by molar-refractivity contribution is -0.114. The van der Waals surface area contributed by atoms with E-state index in [1.54, 1.807) is 24.3 Å². The highest BCUT2D eigenvalue weighted by Gasteiger charge is 2.35. The largest absolute Gasteiger partial charge is 0.490 e. The number of carbonyl (C=O) groups is 1. The minimum absolute atomic E-state index is 0.0242. The first-order valence-corrected chi connectivity index (χ1v) is 12.5. The summed E-state index contributed by atoms with van der Waals surface area (Å²) in [6.45, 7) is 9.11. The third kappa shape index (κ3) is 5.77. The lowest BCUT2D eigenvalue weighted by Crippen LogP contribution is -2.35. The van der Waals surface area contributed by atoms with Crippen molar-refractivity contribution in [1.82, 2.24) is 5.01 Å². The van der Waals surface area contributed by atoms with Crippen molar-refractivity contribution in [3.8, 4) is 11.5 Å². The van der Waals surface area contributed by atoms with Gasteiger partial charge in [0.15, 0.2) is 5.84 Å². The summed E-state index contributed by atoms with van der Waals surface area (Å²) in [6.07, 6.45) is 2.28. The van der Waals surface area contributed by atoms with E-state index in [2.05, 4.69) is 43.0 Å². The van der Waals surface area contributed by atoms with Crippen LogP contribution in [0.25, 0.3) is 6.08 Å². The Morgan fingerprint density at radius 1 is 1.11 bits per heavy atom. The summed E-state index contributed by atoms with van der Waals surface area (Å²) < 4.78 is 11.7. The van der Waals surface area contributed by atoms with Crippen molar-refractivity contribution >= 4 is 51.4 Å². The van der Waals surface area contributed by atoms with Gasteiger partial charge in [-0.1, -0.05) is 51.4 Å². The predicted molar refractivity (Wildman–Crippen MR) is 143 cm³/mol. The molecule has 2 aliphatic rings. The maximum atomic E-state index is 12.7. The number of aliphatic imine (C=N–C) groups is 1. The quantitative estimate of drug-likeness (QED) is 0.358. The maximum absolute atomic E-state index is 12.7. The summed E-state index contributed by atoms with van der Waals surface area (Å²) in [7, 11) is 0. The van der Waals surface area contributed by atoms with E-state index in [0.717, 1.165) is 10.8 Å². The Labute approximate surface area is 214 Å². The number of hydrogen-bond acceptors (Lipinski definition) is 6. The number of amidine groups is 2. The molecule has 0 radical (unpaired) electrons. The average molecular weight is 511 g/mol. The average Bonchev–Trinajstić information content (AvgIpc) is 3.23. The summed E-state index contributed by atoms with van der Waals surface area (Å²) in [5.41, 5.74) is 2.02. The molecule has 0 bridgehead atoms. The second-order valence-corrected chi connectivity index (χ2v) is 10.5. The number of ether oxygens (including phenoxy) is 2. The van der Waals surface area contributed by atoms with Crippen molar-refractivity contribution in [3.05, 3.63) is 64.2 Å². The van der Waals surface area contributed by atoms with Crippen LogP contribution < -0.4 is 9.47 Å². The Bertz CT molecular complexity index is 1250. The minimum Gasteiger partial charge on any atom is -0.490 e. The molecule has 0 saturated heterocycles. The molecule has 9 heteroatoms. The second kappa shape index (κ2) is 10.3. The molecule has 0 unspecified atom stereocenters. The summed E-state index contributed by atoms with van der Waals surface area (Å²) in [5.74, 6) is 0.779. The topological polar surface area (TPSA) is 87.3 Å². The van der Waals surface area contributed by atoms with E-state index < -0.39 is 5.91 Å². The molecule has 35 heavy (non-hydrogen) atoms. The van der Waals surface area contributed by atoms with E-state index in [9.17, 15) is 4.79 Å². The van der Waals surface area contributed by atoms with Crippen LogP contribution in [-0.2, 0) is 10.2 Å². The van der Waals surface area contributed by atoms with Crippen LogP contribution in [0.15, 0.2) is 58.1 Å². The number of thioether (sulfide) groups is 1. The molecule has 0 saturated carbocycles. The molecule has 2 aromatic rings. The number of fused-ring (bicyclic) bond motifs is 1. The van der Waals surface area contributed by atoms with Crippen LogP contribution in [0, 0.1) is 5.41 Å². The normalized spacial score (nSPS) is 16.8. The van der Waals surface area contributed by atoms with Crippen LogP contribution in [0.4, 0.5) is 0 Å². The Balaban J connectivity index is 1.45. The third-order valence-electron chi connectivity index (χ3n) is 5.40. The molecule has 2 heterocycles. The fraction of sp³-hybridized carbons (Fsp3) is 0.308. The summed E-state index contributed by atoms with van der Waals surface area (Å²) >= 11 is 7.52.